The van der Waals surface area contributed by atoms with E-state index in [2.05, 4.69) is 25.5 Å². The van der Waals surface area contributed by atoms with Gasteiger partial charge in [-0.05, 0) is 32.8 Å². The molecular formula is C16H18N6O3. The molecule has 3 aromatic rings. The average Bonchev–Trinajstić information content (AvgIpc) is 3.31. The van der Waals surface area contributed by atoms with Crippen LogP contribution in [0, 0.1) is 13.8 Å². The molecule has 1 fully saturated rings. The number of hydrogen-bond acceptors (Lipinski definition) is 7. The quantitative estimate of drug-likeness (QED) is 0.765. The lowest BCUT2D eigenvalue weighted by molar-refractivity contribution is 0.0835. The maximum absolute atomic E-state index is 12.4. The molecule has 25 heavy (non-hydrogen) atoms. The third-order valence-corrected chi connectivity index (χ3v) is 4.06. The Morgan fingerprint density at radius 3 is 3.04 bits per heavy atom. The summed E-state index contributed by atoms with van der Waals surface area (Å²) in [5.41, 5.74) is 2.65. The molecule has 0 aromatic carbocycles. The lowest BCUT2D eigenvalue weighted by Gasteiger charge is -2.05. The van der Waals surface area contributed by atoms with Crippen LogP contribution in [0.5, 0.6) is 0 Å². The highest BCUT2D eigenvalue weighted by atomic mass is 16.5. The topological polar surface area (TPSA) is 107 Å². The van der Waals surface area contributed by atoms with Crippen LogP contribution < -0.4 is 5.32 Å². The van der Waals surface area contributed by atoms with Gasteiger partial charge in [0, 0.05) is 18.4 Å². The SMILES string of the molecule is Cc1cc2nc(C(=O)NCc3noc([C@@H]4CCCO4)n3)cc(C)n2n1. The van der Waals surface area contributed by atoms with E-state index in [1.807, 2.05) is 19.9 Å². The van der Waals surface area contributed by atoms with Gasteiger partial charge in [0.05, 0.1) is 12.2 Å². The number of carbonyl (C=O) groups is 1. The molecule has 0 bridgehead atoms. The molecule has 4 rings (SSSR count). The number of ether oxygens (including phenoxy) is 1. The van der Waals surface area contributed by atoms with Crippen molar-refractivity contribution in [1.29, 1.82) is 0 Å². The summed E-state index contributed by atoms with van der Waals surface area (Å²) in [5.74, 6) is 0.580. The van der Waals surface area contributed by atoms with Gasteiger partial charge in [-0.3, -0.25) is 4.79 Å². The van der Waals surface area contributed by atoms with Gasteiger partial charge >= 0.3 is 0 Å². The first-order chi connectivity index (χ1) is 12.1. The van der Waals surface area contributed by atoms with E-state index in [9.17, 15) is 4.79 Å². The molecule has 1 aliphatic heterocycles. The van der Waals surface area contributed by atoms with Gasteiger partial charge in [0.25, 0.3) is 11.8 Å². The second kappa shape index (κ2) is 6.25. The highest BCUT2D eigenvalue weighted by Gasteiger charge is 2.24. The predicted molar refractivity (Wildman–Crippen MR) is 85.9 cm³/mol. The third kappa shape index (κ3) is 3.10. The van der Waals surface area contributed by atoms with Crippen LogP contribution >= 0.6 is 0 Å². The average molecular weight is 342 g/mol. The van der Waals surface area contributed by atoms with Gasteiger partial charge in [0.2, 0.25) is 0 Å². The Bertz CT molecular complexity index is 925. The van der Waals surface area contributed by atoms with E-state index in [-0.39, 0.29) is 18.6 Å². The number of nitrogens with one attached hydrogen (secondary N) is 1. The largest absolute Gasteiger partial charge is 0.368 e. The second-order valence-electron chi connectivity index (χ2n) is 6.07. The standard InChI is InChI=1S/C16H18N6O3/c1-9-6-14-18-11(7-10(2)22(14)20-9)15(23)17-8-13-19-16(25-21-13)12-4-3-5-24-12/h6-7,12H,3-5,8H2,1-2H3,(H,17,23)/t12-/m0/s1. The van der Waals surface area contributed by atoms with E-state index in [4.69, 9.17) is 9.26 Å². The van der Waals surface area contributed by atoms with E-state index in [1.165, 1.54) is 0 Å². The molecule has 130 valence electrons. The Morgan fingerprint density at radius 2 is 2.24 bits per heavy atom. The normalized spacial score (nSPS) is 17.3. The zero-order chi connectivity index (χ0) is 17.4. The highest BCUT2D eigenvalue weighted by molar-refractivity contribution is 5.92. The highest BCUT2D eigenvalue weighted by Crippen LogP contribution is 2.26. The van der Waals surface area contributed by atoms with E-state index in [1.54, 1.807) is 10.6 Å². The maximum Gasteiger partial charge on any atom is 0.270 e. The first-order valence-electron chi connectivity index (χ1n) is 8.16. The molecule has 1 aliphatic rings. The summed E-state index contributed by atoms with van der Waals surface area (Å²) >= 11 is 0. The van der Waals surface area contributed by atoms with Crippen molar-refractivity contribution in [2.24, 2.45) is 0 Å². The third-order valence-electron chi connectivity index (χ3n) is 4.06. The molecule has 1 N–H and O–H groups in total. The van der Waals surface area contributed by atoms with Crippen LogP contribution in [0.1, 0.15) is 52.5 Å². The van der Waals surface area contributed by atoms with Crippen molar-refractivity contribution in [2.45, 2.75) is 39.3 Å². The smallest absolute Gasteiger partial charge is 0.270 e. The molecule has 1 amide bonds. The van der Waals surface area contributed by atoms with Crippen LogP contribution in [-0.2, 0) is 11.3 Å². The summed E-state index contributed by atoms with van der Waals surface area (Å²) in [6.07, 6.45) is 1.73. The number of hydrogen-bond donors (Lipinski definition) is 1. The molecule has 9 heteroatoms. The summed E-state index contributed by atoms with van der Waals surface area (Å²) in [6.45, 7) is 4.64. The van der Waals surface area contributed by atoms with Gasteiger partial charge in [0.1, 0.15) is 11.8 Å². The summed E-state index contributed by atoms with van der Waals surface area (Å²) < 4.78 is 12.4. The van der Waals surface area contributed by atoms with Gasteiger partial charge < -0.3 is 14.6 Å². The van der Waals surface area contributed by atoms with Crippen molar-refractivity contribution in [2.75, 3.05) is 6.61 Å². The van der Waals surface area contributed by atoms with Gasteiger partial charge in [-0.1, -0.05) is 5.16 Å². The first kappa shape index (κ1) is 15.7. The molecular weight excluding hydrogens is 324 g/mol. The van der Waals surface area contributed by atoms with Gasteiger partial charge in [0.15, 0.2) is 11.5 Å². The molecule has 1 atom stereocenters. The molecule has 0 radical (unpaired) electrons. The number of aryl methyl sites for hydroxylation is 2. The first-order valence-corrected chi connectivity index (χ1v) is 8.16. The Balaban J connectivity index is 1.45. The van der Waals surface area contributed by atoms with Crippen molar-refractivity contribution in [3.05, 3.63) is 40.9 Å². The number of nitrogens with zero attached hydrogens (tertiary/aromatic N) is 5. The van der Waals surface area contributed by atoms with Crippen LogP contribution in [0.25, 0.3) is 5.65 Å². The molecule has 1 saturated heterocycles. The number of carbonyl (C=O) groups excluding carboxylic acids is 1. The fraction of sp³-hybridized carbons (Fsp3) is 0.438. The maximum atomic E-state index is 12.4. The van der Waals surface area contributed by atoms with Crippen LogP contribution in [-0.4, -0.2) is 37.3 Å². The lowest BCUT2D eigenvalue weighted by atomic mass is 10.2. The summed E-state index contributed by atoms with van der Waals surface area (Å²) in [5, 5.41) is 11.0. The van der Waals surface area contributed by atoms with Crippen molar-refractivity contribution in [3.63, 3.8) is 0 Å². The zero-order valence-corrected chi connectivity index (χ0v) is 14.0. The Hall–Kier alpha value is -2.81. The molecule has 0 aliphatic carbocycles. The second-order valence-corrected chi connectivity index (χ2v) is 6.07. The van der Waals surface area contributed by atoms with E-state index >= 15 is 0 Å². The number of amides is 1. The van der Waals surface area contributed by atoms with E-state index < -0.39 is 0 Å². The van der Waals surface area contributed by atoms with Crippen molar-refractivity contribution in [3.8, 4) is 0 Å². The van der Waals surface area contributed by atoms with Crippen LogP contribution in [0.2, 0.25) is 0 Å². The van der Waals surface area contributed by atoms with Crippen LogP contribution in [0.15, 0.2) is 16.7 Å². The number of aromatic nitrogens is 5. The predicted octanol–water partition coefficient (Wildman–Crippen LogP) is 1.51. The van der Waals surface area contributed by atoms with Gasteiger partial charge in [-0.25, -0.2) is 9.50 Å². The molecule has 0 saturated carbocycles. The number of fused-ring (bicyclic) bond motifs is 1. The van der Waals surface area contributed by atoms with Crippen molar-refractivity contribution >= 4 is 11.6 Å². The zero-order valence-electron chi connectivity index (χ0n) is 14.0. The van der Waals surface area contributed by atoms with Gasteiger partial charge in [-0.15, -0.1) is 0 Å². The Labute approximate surface area is 143 Å². The minimum Gasteiger partial charge on any atom is -0.368 e. The van der Waals surface area contributed by atoms with Crippen LogP contribution in [0.3, 0.4) is 0 Å². The molecule has 3 aromatic heterocycles. The lowest BCUT2D eigenvalue weighted by Crippen LogP contribution is -2.25. The summed E-state index contributed by atoms with van der Waals surface area (Å²) in [7, 11) is 0. The Morgan fingerprint density at radius 1 is 1.36 bits per heavy atom. The van der Waals surface area contributed by atoms with Crippen molar-refractivity contribution < 1.29 is 14.1 Å². The molecule has 9 nitrogen and oxygen atoms in total. The molecule has 4 heterocycles. The fourth-order valence-corrected chi connectivity index (χ4v) is 2.85. The molecule has 0 unspecified atom stereocenters. The Kier molecular flexibility index (Phi) is 3.92. The van der Waals surface area contributed by atoms with E-state index in [0.717, 1.165) is 24.2 Å². The summed E-state index contributed by atoms with van der Waals surface area (Å²) in [4.78, 5) is 21.0. The minimum atomic E-state index is -0.298. The number of rotatable bonds is 4. The monoisotopic (exact) mass is 342 g/mol. The van der Waals surface area contributed by atoms with E-state index in [0.29, 0.717) is 29.7 Å². The summed E-state index contributed by atoms with van der Waals surface area (Å²) in [6, 6.07) is 3.53. The fourth-order valence-electron chi connectivity index (χ4n) is 2.85. The van der Waals surface area contributed by atoms with Gasteiger partial charge in [-0.2, -0.15) is 10.1 Å². The van der Waals surface area contributed by atoms with Crippen LogP contribution in [0.4, 0.5) is 0 Å². The minimum absolute atomic E-state index is 0.131. The van der Waals surface area contributed by atoms with Crippen molar-refractivity contribution in [1.82, 2.24) is 30.1 Å². The molecule has 0 spiro atoms.